The van der Waals surface area contributed by atoms with Crippen molar-refractivity contribution in [2.24, 2.45) is 0 Å². The second-order valence-electron chi connectivity index (χ2n) is 8.94. The number of hydrogen-bond donors (Lipinski definition) is 2. The maximum atomic E-state index is 14.1. The minimum atomic E-state index is -4.84. The molecule has 0 spiro atoms. The molecule has 1 aliphatic heterocycles. The van der Waals surface area contributed by atoms with E-state index in [1.54, 1.807) is 0 Å². The molecule has 0 unspecified atom stereocenters. The molecule has 38 heavy (non-hydrogen) atoms. The molecule has 206 valence electrons. The highest BCUT2D eigenvalue weighted by Crippen LogP contribution is 2.38. The van der Waals surface area contributed by atoms with Crippen molar-refractivity contribution in [3.8, 4) is 0 Å². The molecular weight excluding hydrogens is 570 g/mol. The van der Waals surface area contributed by atoms with Crippen LogP contribution in [-0.4, -0.2) is 66.9 Å². The van der Waals surface area contributed by atoms with Crippen molar-refractivity contribution < 1.29 is 21.6 Å². The Morgan fingerprint density at radius 3 is 2.34 bits per heavy atom. The summed E-state index contributed by atoms with van der Waals surface area (Å²) in [4.78, 5) is 32.2. The van der Waals surface area contributed by atoms with Gasteiger partial charge in [-0.1, -0.05) is 30.1 Å². The van der Waals surface area contributed by atoms with Crippen LogP contribution in [0.5, 0.6) is 0 Å². The lowest BCUT2D eigenvalue weighted by atomic mass is 10.0. The maximum absolute atomic E-state index is 14.1. The van der Waals surface area contributed by atoms with Crippen LogP contribution in [0.4, 0.5) is 18.9 Å². The van der Waals surface area contributed by atoms with E-state index in [-0.39, 0.29) is 44.0 Å². The second kappa shape index (κ2) is 10.5. The lowest BCUT2D eigenvalue weighted by Crippen LogP contribution is -2.44. The molecule has 1 aromatic heterocycles. The van der Waals surface area contributed by atoms with Gasteiger partial charge in [0.15, 0.2) is 9.84 Å². The fourth-order valence-corrected chi connectivity index (χ4v) is 5.74. The standard InChI is InChI=1S/C23H24Cl2F3N5O4S/c1-3-38(36,37)18-5-4-13(24)10-17(18)30-33-21(34)14-11-16(23(26,27)28)15(19(25)20(14)29-22(33)35)12-32-8-6-31(2)7-9-32/h4-5,10-11,30H,3,6-9,12H2,1-2H3,(H,29,35). The fraction of sp³-hybridized carbons (Fsp3) is 0.391. The highest BCUT2D eigenvalue weighted by atomic mass is 35.5. The molecule has 0 bridgehead atoms. The number of likely N-dealkylation sites (N-methyl/N-ethyl adjacent to an activating group) is 1. The predicted molar refractivity (Wildman–Crippen MR) is 140 cm³/mol. The van der Waals surface area contributed by atoms with Crippen LogP contribution < -0.4 is 16.7 Å². The Hall–Kier alpha value is -2.58. The summed E-state index contributed by atoms with van der Waals surface area (Å²) in [5.41, 5.74) is -1.59. The van der Waals surface area contributed by atoms with Crippen LogP contribution in [0.3, 0.4) is 0 Å². The number of piperazine rings is 1. The molecule has 1 fully saturated rings. The summed E-state index contributed by atoms with van der Waals surface area (Å²) in [6.07, 6.45) is -4.84. The zero-order valence-electron chi connectivity index (χ0n) is 20.3. The van der Waals surface area contributed by atoms with Crippen LogP contribution in [0.1, 0.15) is 18.1 Å². The second-order valence-corrected chi connectivity index (χ2v) is 12.0. The number of nitrogens with one attached hydrogen (secondary N) is 2. The van der Waals surface area contributed by atoms with Crippen LogP contribution in [-0.2, 0) is 22.6 Å². The number of nitrogens with zero attached hydrogens (tertiary/aromatic N) is 3. The molecule has 15 heteroatoms. The molecule has 2 heterocycles. The zero-order valence-corrected chi connectivity index (χ0v) is 22.7. The van der Waals surface area contributed by atoms with Gasteiger partial charge in [-0.15, -0.1) is 0 Å². The number of rotatable bonds is 6. The summed E-state index contributed by atoms with van der Waals surface area (Å²) in [5, 5.41) is -0.783. The molecule has 0 aliphatic carbocycles. The third-order valence-corrected chi connectivity index (χ3v) is 8.85. The van der Waals surface area contributed by atoms with Crippen molar-refractivity contribution in [1.29, 1.82) is 0 Å². The third kappa shape index (κ3) is 5.57. The lowest BCUT2D eigenvalue weighted by Gasteiger charge is -2.33. The zero-order chi connectivity index (χ0) is 28.0. The van der Waals surface area contributed by atoms with E-state index < -0.39 is 38.2 Å². The number of aromatic nitrogens is 2. The van der Waals surface area contributed by atoms with Gasteiger partial charge in [0.25, 0.3) is 5.56 Å². The number of aromatic amines is 1. The van der Waals surface area contributed by atoms with Crippen LogP contribution in [0.15, 0.2) is 38.8 Å². The lowest BCUT2D eigenvalue weighted by molar-refractivity contribution is -0.138. The summed E-state index contributed by atoms with van der Waals surface area (Å²) < 4.78 is 67.8. The van der Waals surface area contributed by atoms with Gasteiger partial charge in [0, 0.05) is 37.7 Å². The van der Waals surface area contributed by atoms with E-state index >= 15 is 0 Å². The number of alkyl halides is 3. The van der Waals surface area contributed by atoms with Gasteiger partial charge in [-0.25, -0.2) is 13.2 Å². The van der Waals surface area contributed by atoms with Gasteiger partial charge in [0.2, 0.25) is 0 Å². The molecule has 1 saturated heterocycles. The van der Waals surface area contributed by atoms with E-state index in [0.717, 1.165) is 0 Å². The fourth-order valence-electron chi connectivity index (χ4n) is 4.23. The van der Waals surface area contributed by atoms with Gasteiger partial charge in [-0.05, 0) is 36.9 Å². The number of halogens is 5. The first-order valence-electron chi connectivity index (χ1n) is 11.5. The average molecular weight is 594 g/mol. The Morgan fingerprint density at radius 1 is 1.08 bits per heavy atom. The number of benzene rings is 2. The van der Waals surface area contributed by atoms with Gasteiger partial charge in [-0.3, -0.25) is 15.1 Å². The minimum Gasteiger partial charge on any atom is -0.304 e. The molecule has 1 aliphatic rings. The SMILES string of the molecule is CCS(=O)(=O)c1ccc(Cl)cc1Nn1c(=O)[nH]c2c(Cl)c(CN3CCN(C)CC3)c(C(F)(F)F)cc2c1=O. The first-order chi connectivity index (χ1) is 17.7. The monoisotopic (exact) mass is 593 g/mol. The number of sulfone groups is 1. The quantitative estimate of drug-likeness (QED) is 0.451. The maximum Gasteiger partial charge on any atom is 0.416 e. The molecular formula is C23H24Cl2F3N5O4S. The van der Waals surface area contributed by atoms with E-state index in [1.807, 2.05) is 16.8 Å². The molecule has 0 atom stereocenters. The van der Waals surface area contributed by atoms with Gasteiger partial charge in [0.05, 0.1) is 37.8 Å². The van der Waals surface area contributed by atoms with Crippen LogP contribution in [0.2, 0.25) is 10.0 Å². The highest BCUT2D eigenvalue weighted by molar-refractivity contribution is 7.91. The summed E-state index contributed by atoms with van der Waals surface area (Å²) >= 11 is 12.4. The first-order valence-corrected chi connectivity index (χ1v) is 13.9. The van der Waals surface area contributed by atoms with E-state index in [2.05, 4.69) is 10.4 Å². The van der Waals surface area contributed by atoms with Crippen LogP contribution >= 0.6 is 23.2 Å². The van der Waals surface area contributed by atoms with Crippen molar-refractivity contribution in [3.63, 3.8) is 0 Å². The van der Waals surface area contributed by atoms with Crippen molar-refractivity contribution in [2.75, 3.05) is 44.4 Å². The van der Waals surface area contributed by atoms with Gasteiger partial charge < -0.3 is 9.88 Å². The summed E-state index contributed by atoms with van der Waals surface area (Å²) in [6.45, 7) is 3.66. The topological polar surface area (TPSA) is 108 Å². The molecule has 2 aromatic carbocycles. The Morgan fingerprint density at radius 2 is 1.74 bits per heavy atom. The molecule has 3 aromatic rings. The number of fused-ring (bicyclic) bond motifs is 1. The van der Waals surface area contributed by atoms with Crippen molar-refractivity contribution in [2.45, 2.75) is 24.5 Å². The molecule has 9 nitrogen and oxygen atoms in total. The van der Waals surface area contributed by atoms with Crippen molar-refractivity contribution in [3.05, 3.63) is 66.3 Å². The molecule has 0 radical (unpaired) electrons. The van der Waals surface area contributed by atoms with Crippen LogP contribution in [0.25, 0.3) is 10.9 Å². The van der Waals surface area contributed by atoms with Crippen molar-refractivity contribution >= 4 is 49.6 Å². The molecule has 0 amide bonds. The smallest absolute Gasteiger partial charge is 0.304 e. The summed E-state index contributed by atoms with van der Waals surface area (Å²) in [7, 11) is -1.90. The summed E-state index contributed by atoms with van der Waals surface area (Å²) in [6, 6.07) is 4.37. The van der Waals surface area contributed by atoms with Gasteiger partial charge in [-0.2, -0.15) is 17.8 Å². The van der Waals surface area contributed by atoms with E-state index in [1.165, 1.54) is 25.1 Å². The minimum absolute atomic E-state index is 0.101. The number of anilines is 1. The summed E-state index contributed by atoms with van der Waals surface area (Å²) in [5.74, 6) is -0.285. The largest absolute Gasteiger partial charge is 0.416 e. The predicted octanol–water partition coefficient (Wildman–Crippen LogP) is 3.43. The highest BCUT2D eigenvalue weighted by Gasteiger charge is 2.36. The Balaban J connectivity index is 1.88. The Bertz CT molecular complexity index is 1610. The van der Waals surface area contributed by atoms with Crippen LogP contribution in [0, 0.1) is 0 Å². The van der Waals surface area contributed by atoms with E-state index in [0.29, 0.717) is 36.9 Å². The normalized spacial score (nSPS) is 15.8. The van der Waals surface area contributed by atoms with Gasteiger partial charge >= 0.3 is 11.9 Å². The Kier molecular flexibility index (Phi) is 7.88. The third-order valence-electron chi connectivity index (χ3n) is 6.41. The molecule has 0 saturated carbocycles. The van der Waals surface area contributed by atoms with E-state index in [4.69, 9.17) is 23.2 Å². The Labute approximate surface area is 225 Å². The first kappa shape index (κ1) is 28.4. The van der Waals surface area contributed by atoms with Crippen molar-refractivity contribution in [1.82, 2.24) is 19.5 Å². The van der Waals surface area contributed by atoms with E-state index in [9.17, 15) is 31.2 Å². The molecule has 4 rings (SSSR count). The average Bonchev–Trinajstić information content (AvgIpc) is 2.84. The molecule has 2 N–H and O–H groups in total. The number of H-pyrrole nitrogens is 1. The van der Waals surface area contributed by atoms with Gasteiger partial charge in [0.1, 0.15) is 0 Å². The number of hydrogen-bond acceptors (Lipinski definition) is 7.